The van der Waals surface area contributed by atoms with E-state index in [0.717, 1.165) is 23.7 Å². The van der Waals surface area contributed by atoms with E-state index < -0.39 is 0 Å². The van der Waals surface area contributed by atoms with Gasteiger partial charge in [0.05, 0.1) is 11.0 Å². The molecule has 1 heterocycles. The first-order valence-corrected chi connectivity index (χ1v) is 6.32. The van der Waals surface area contributed by atoms with Crippen molar-refractivity contribution in [2.45, 2.75) is 32.2 Å². The van der Waals surface area contributed by atoms with Crippen molar-refractivity contribution in [2.24, 2.45) is 18.7 Å². The average Bonchev–Trinajstić information content (AvgIpc) is 3.07. The van der Waals surface area contributed by atoms with Gasteiger partial charge in [-0.1, -0.05) is 6.07 Å². The molecule has 1 atom stereocenters. The summed E-state index contributed by atoms with van der Waals surface area (Å²) in [5.74, 6) is 1.85. The zero-order chi connectivity index (χ0) is 12.0. The van der Waals surface area contributed by atoms with Crippen molar-refractivity contribution < 1.29 is 0 Å². The van der Waals surface area contributed by atoms with Gasteiger partial charge in [0.2, 0.25) is 0 Å². The van der Waals surface area contributed by atoms with E-state index >= 15 is 0 Å². The van der Waals surface area contributed by atoms with Gasteiger partial charge in [-0.15, -0.1) is 0 Å². The fraction of sp³-hybridized carbons (Fsp3) is 0.500. The molecule has 0 aliphatic heterocycles. The van der Waals surface area contributed by atoms with E-state index in [-0.39, 0.29) is 6.04 Å². The summed E-state index contributed by atoms with van der Waals surface area (Å²) in [7, 11) is 2.08. The number of hydrogen-bond acceptors (Lipinski definition) is 2. The molecular formula is C14H19N3. The van der Waals surface area contributed by atoms with Gasteiger partial charge in [-0.2, -0.15) is 0 Å². The lowest BCUT2D eigenvalue weighted by molar-refractivity contribution is 0.566. The molecule has 0 radical (unpaired) electrons. The molecule has 3 rings (SSSR count). The van der Waals surface area contributed by atoms with Gasteiger partial charge < -0.3 is 10.3 Å². The molecule has 2 N–H and O–H groups in total. The van der Waals surface area contributed by atoms with Crippen LogP contribution in [-0.4, -0.2) is 15.6 Å². The number of aromatic nitrogens is 2. The topological polar surface area (TPSA) is 43.8 Å². The lowest BCUT2D eigenvalue weighted by Crippen LogP contribution is -2.26. The standard InChI is InChI=1S/C14H19N3/c1-9-3-6-13-12(7-9)16-14(17(13)2)8-11(15)10-4-5-10/h3,6-7,10-11H,4-5,8,15H2,1-2H3. The fourth-order valence-electron chi connectivity index (χ4n) is 2.44. The zero-order valence-electron chi connectivity index (χ0n) is 10.5. The molecule has 0 bridgehead atoms. The van der Waals surface area contributed by atoms with Gasteiger partial charge in [0.15, 0.2) is 0 Å². The second-order valence-electron chi connectivity index (χ2n) is 5.28. The Kier molecular flexibility index (Phi) is 2.44. The van der Waals surface area contributed by atoms with Gasteiger partial charge in [0.25, 0.3) is 0 Å². The minimum Gasteiger partial charge on any atom is -0.331 e. The van der Waals surface area contributed by atoms with Crippen molar-refractivity contribution in [3.05, 3.63) is 29.6 Å². The molecular weight excluding hydrogens is 210 g/mol. The van der Waals surface area contributed by atoms with Gasteiger partial charge in [0, 0.05) is 19.5 Å². The second-order valence-corrected chi connectivity index (χ2v) is 5.28. The third-order valence-electron chi connectivity index (χ3n) is 3.77. The predicted molar refractivity (Wildman–Crippen MR) is 69.9 cm³/mol. The molecule has 0 spiro atoms. The monoisotopic (exact) mass is 229 g/mol. The molecule has 90 valence electrons. The van der Waals surface area contributed by atoms with Crippen molar-refractivity contribution in [3.63, 3.8) is 0 Å². The molecule has 2 aromatic rings. The number of benzene rings is 1. The first-order valence-electron chi connectivity index (χ1n) is 6.32. The number of nitrogens with zero attached hydrogens (tertiary/aromatic N) is 2. The van der Waals surface area contributed by atoms with Gasteiger partial charge in [-0.3, -0.25) is 0 Å². The molecule has 1 aromatic heterocycles. The van der Waals surface area contributed by atoms with E-state index in [2.05, 4.69) is 36.7 Å². The average molecular weight is 229 g/mol. The minimum atomic E-state index is 0.284. The van der Waals surface area contributed by atoms with Crippen LogP contribution in [0.15, 0.2) is 18.2 Å². The summed E-state index contributed by atoms with van der Waals surface area (Å²) in [6.45, 7) is 2.10. The Morgan fingerprint density at radius 2 is 2.24 bits per heavy atom. The van der Waals surface area contributed by atoms with E-state index in [1.165, 1.54) is 23.9 Å². The SMILES string of the molecule is Cc1ccc2c(c1)nc(CC(N)C1CC1)n2C. The molecule has 1 aliphatic carbocycles. The lowest BCUT2D eigenvalue weighted by Gasteiger charge is -2.09. The molecule has 1 saturated carbocycles. The molecule has 1 aromatic carbocycles. The summed E-state index contributed by atoms with van der Waals surface area (Å²) in [6.07, 6.45) is 3.49. The van der Waals surface area contributed by atoms with Crippen molar-refractivity contribution in [2.75, 3.05) is 0 Å². The number of nitrogens with two attached hydrogens (primary N) is 1. The third-order valence-corrected chi connectivity index (χ3v) is 3.77. The van der Waals surface area contributed by atoms with Crippen molar-refractivity contribution in [3.8, 4) is 0 Å². The van der Waals surface area contributed by atoms with Crippen LogP contribution in [0.2, 0.25) is 0 Å². The first-order chi connectivity index (χ1) is 8.15. The third kappa shape index (κ3) is 1.95. The van der Waals surface area contributed by atoms with Crippen molar-refractivity contribution in [1.29, 1.82) is 0 Å². The van der Waals surface area contributed by atoms with E-state index in [9.17, 15) is 0 Å². The maximum atomic E-state index is 6.18. The van der Waals surface area contributed by atoms with Crippen LogP contribution >= 0.6 is 0 Å². The molecule has 17 heavy (non-hydrogen) atoms. The smallest absolute Gasteiger partial charge is 0.111 e. The van der Waals surface area contributed by atoms with Gasteiger partial charge in [-0.05, 0) is 43.4 Å². The van der Waals surface area contributed by atoms with Crippen LogP contribution in [0.1, 0.15) is 24.2 Å². The van der Waals surface area contributed by atoms with E-state index in [0.29, 0.717) is 0 Å². The summed E-state index contributed by atoms with van der Waals surface area (Å²) in [5, 5.41) is 0. The highest BCUT2D eigenvalue weighted by Crippen LogP contribution is 2.33. The van der Waals surface area contributed by atoms with Crippen LogP contribution in [0.3, 0.4) is 0 Å². The summed E-state index contributed by atoms with van der Waals surface area (Å²) in [5.41, 5.74) is 9.73. The summed E-state index contributed by atoms with van der Waals surface area (Å²) >= 11 is 0. The minimum absolute atomic E-state index is 0.284. The van der Waals surface area contributed by atoms with E-state index in [1.807, 2.05) is 0 Å². The van der Waals surface area contributed by atoms with Crippen LogP contribution in [0.25, 0.3) is 11.0 Å². The molecule has 3 nitrogen and oxygen atoms in total. The highest BCUT2D eigenvalue weighted by atomic mass is 15.1. The fourth-order valence-corrected chi connectivity index (χ4v) is 2.44. The van der Waals surface area contributed by atoms with Crippen molar-refractivity contribution >= 4 is 11.0 Å². The maximum absolute atomic E-state index is 6.18. The molecule has 0 amide bonds. The number of aryl methyl sites for hydroxylation is 2. The van der Waals surface area contributed by atoms with Crippen LogP contribution in [-0.2, 0) is 13.5 Å². The first kappa shape index (κ1) is 10.8. The lowest BCUT2D eigenvalue weighted by atomic mass is 10.1. The largest absolute Gasteiger partial charge is 0.331 e. The zero-order valence-corrected chi connectivity index (χ0v) is 10.5. The Balaban J connectivity index is 1.95. The Bertz CT molecular complexity index is 552. The Morgan fingerprint density at radius 1 is 1.47 bits per heavy atom. The van der Waals surface area contributed by atoms with Crippen molar-refractivity contribution in [1.82, 2.24) is 9.55 Å². The molecule has 0 saturated heterocycles. The number of imidazole rings is 1. The molecule has 1 unspecified atom stereocenters. The highest BCUT2D eigenvalue weighted by molar-refractivity contribution is 5.76. The molecule has 1 fully saturated rings. The summed E-state index contributed by atoms with van der Waals surface area (Å²) < 4.78 is 2.18. The van der Waals surface area contributed by atoms with Crippen LogP contribution in [0.4, 0.5) is 0 Å². The van der Waals surface area contributed by atoms with E-state index in [1.54, 1.807) is 0 Å². The highest BCUT2D eigenvalue weighted by Gasteiger charge is 2.29. The maximum Gasteiger partial charge on any atom is 0.111 e. The molecule has 1 aliphatic rings. The normalized spacial score (nSPS) is 17.6. The van der Waals surface area contributed by atoms with Gasteiger partial charge in [0.1, 0.15) is 5.82 Å². The number of hydrogen-bond donors (Lipinski definition) is 1. The Morgan fingerprint density at radius 3 is 2.94 bits per heavy atom. The van der Waals surface area contributed by atoms with Crippen LogP contribution < -0.4 is 5.73 Å². The number of rotatable bonds is 3. The second kappa shape index (κ2) is 3.84. The van der Waals surface area contributed by atoms with Gasteiger partial charge in [-0.25, -0.2) is 4.98 Å². The number of fused-ring (bicyclic) bond motifs is 1. The Hall–Kier alpha value is -1.35. The molecule has 3 heteroatoms. The predicted octanol–water partition coefficient (Wildman–Crippen LogP) is 2.16. The van der Waals surface area contributed by atoms with Crippen LogP contribution in [0.5, 0.6) is 0 Å². The quantitative estimate of drug-likeness (QED) is 0.876. The Labute approximate surface area is 102 Å². The summed E-state index contributed by atoms with van der Waals surface area (Å²) in [6, 6.07) is 6.70. The van der Waals surface area contributed by atoms with E-state index in [4.69, 9.17) is 10.7 Å². The van der Waals surface area contributed by atoms with Crippen LogP contribution in [0, 0.1) is 12.8 Å². The summed E-state index contributed by atoms with van der Waals surface area (Å²) in [4.78, 5) is 4.71. The van der Waals surface area contributed by atoms with Gasteiger partial charge >= 0.3 is 0 Å².